The molecule has 1 atom stereocenters. The minimum atomic E-state index is -0.667. The number of nitrogens with one attached hydrogen (secondary N) is 1. The van der Waals surface area contributed by atoms with Crippen LogP contribution in [-0.2, 0) is 9.59 Å². The van der Waals surface area contributed by atoms with Crippen LogP contribution in [0.3, 0.4) is 0 Å². The monoisotopic (exact) mass is 467 g/mol. The van der Waals surface area contributed by atoms with Crippen molar-refractivity contribution in [1.82, 2.24) is 4.90 Å². The lowest BCUT2D eigenvalue weighted by Crippen LogP contribution is -2.48. The molecule has 3 aliphatic heterocycles. The van der Waals surface area contributed by atoms with Crippen molar-refractivity contribution in [3.8, 4) is 5.75 Å². The van der Waals surface area contributed by atoms with Crippen LogP contribution in [0.15, 0.2) is 41.4 Å². The number of benzene rings is 2. The molecule has 9 nitrogen and oxygen atoms in total. The number of halogens is 1. The highest BCUT2D eigenvalue weighted by molar-refractivity contribution is 6.31. The van der Waals surface area contributed by atoms with Gasteiger partial charge in [0.25, 0.3) is 11.8 Å². The maximum Gasteiger partial charge on any atom is 0.268 e. The van der Waals surface area contributed by atoms with Crippen LogP contribution in [-0.4, -0.2) is 61.4 Å². The SMILES string of the molecule is CC[C@H]1Oc2ccc(Cl)cc2N(CC(=O)Nc2ccc3c(c2)C(=O)N(C)C2=NCCN23)C1=O. The first-order chi connectivity index (χ1) is 15.9. The van der Waals surface area contributed by atoms with Gasteiger partial charge in [-0.25, -0.2) is 0 Å². The fraction of sp³-hybridized carbons (Fsp3) is 0.304. The van der Waals surface area contributed by atoms with Gasteiger partial charge >= 0.3 is 0 Å². The number of amides is 3. The number of aliphatic imine (C=N–C) groups is 1. The van der Waals surface area contributed by atoms with E-state index in [0.717, 1.165) is 5.69 Å². The van der Waals surface area contributed by atoms with Crippen molar-refractivity contribution < 1.29 is 19.1 Å². The number of hydrogen-bond donors (Lipinski definition) is 1. The largest absolute Gasteiger partial charge is 0.478 e. The lowest BCUT2D eigenvalue weighted by molar-refractivity contribution is -0.128. The minimum Gasteiger partial charge on any atom is -0.478 e. The molecule has 0 aromatic heterocycles. The van der Waals surface area contributed by atoms with Gasteiger partial charge in [-0.05, 0) is 42.8 Å². The molecule has 0 bridgehead atoms. The van der Waals surface area contributed by atoms with Crippen LogP contribution in [0.25, 0.3) is 0 Å². The fourth-order valence-electron chi connectivity index (χ4n) is 4.31. The zero-order valence-electron chi connectivity index (χ0n) is 18.2. The van der Waals surface area contributed by atoms with Gasteiger partial charge < -0.3 is 15.0 Å². The lowest BCUT2D eigenvalue weighted by Gasteiger charge is -2.34. The van der Waals surface area contributed by atoms with Crippen molar-refractivity contribution in [1.29, 1.82) is 0 Å². The van der Waals surface area contributed by atoms with Gasteiger partial charge in [-0.3, -0.25) is 29.2 Å². The third kappa shape index (κ3) is 3.58. The summed E-state index contributed by atoms with van der Waals surface area (Å²) in [5, 5.41) is 3.24. The lowest BCUT2D eigenvalue weighted by atomic mass is 10.1. The fourth-order valence-corrected chi connectivity index (χ4v) is 4.47. The molecule has 5 rings (SSSR count). The smallest absolute Gasteiger partial charge is 0.268 e. The molecule has 0 saturated carbocycles. The van der Waals surface area contributed by atoms with E-state index in [4.69, 9.17) is 16.3 Å². The minimum absolute atomic E-state index is 0.185. The molecule has 0 radical (unpaired) electrons. The Kier molecular flexibility index (Phi) is 5.20. The van der Waals surface area contributed by atoms with Crippen molar-refractivity contribution in [3.63, 3.8) is 0 Å². The summed E-state index contributed by atoms with van der Waals surface area (Å²) in [6.45, 7) is 2.97. The summed E-state index contributed by atoms with van der Waals surface area (Å²) in [5.41, 5.74) is 2.18. The van der Waals surface area contributed by atoms with Crippen molar-refractivity contribution >= 4 is 52.3 Å². The van der Waals surface area contributed by atoms with Gasteiger partial charge in [0.15, 0.2) is 6.10 Å². The average molecular weight is 468 g/mol. The van der Waals surface area contributed by atoms with Crippen molar-refractivity contribution in [2.24, 2.45) is 4.99 Å². The number of ether oxygens (including phenoxy) is 1. The number of rotatable bonds is 4. The summed E-state index contributed by atoms with van der Waals surface area (Å²) < 4.78 is 5.76. The number of carbonyl (C=O) groups is 3. The van der Waals surface area contributed by atoms with E-state index in [1.807, 2.05) is 11.8 Å². The Labute approximate surface area is 195 Å². The second-order valence-corrected chi connectivity index (χ2v) is 8.47. The molecule has 3 heterocycles. The first-order valence-corrected chi connectivity index (χ1v) is 11.1. The molecule has 3 amide bonds. The van der Waals surface area contributed by atoms with Crippen LogP contribution in [0, 0.1) is 0 Å². The maximum absolute atomic E-state index is 12.9. The Morgan fingerprint density at radius 3 is 2.82 bits per heavy atom. The zero-order valence-corrected chi connectivity index (χ0v) is 18.9. The number of hydrogen-bond acceptors (Lipinski definition) is 6. The van der Waals surface area contributed by atoms with E-state index in [9.17, 15) is 14.4 Å². The summed E-state index contributed by atoms with van der Waals surface area (Å²) in [5.74, 6) is 0.259. The van der Waals surface area contributed by atoms with Crippen molar-refractivity contribution in [3.05, 3.63) is 47.0 Å². The average Bonchev–Trinajstić information content (AvgIpc) is 3.29. The van der Waals surface area contributed by atoms with Gasteiger partial charge in [-0.1, -0.05) is 18.5 Å². The molecule has 3 aliphatic rings. The molecule has 10 heteroatoms. The van der Waals surface area contributed by atoms with Crippen LogP contribution in [0.4, 0.5) is 17.1 Å². The second-order valence-electron chi connectivity index (χ2n) is 8.03. The molecule has 170 valence electrons. The predicted molar refractivity (Wildman–Crippen MR) is 125 cm³/mol. The van der Waals surface area contributed by atoms with E-state index < -0.39 is 12.0 Å². The Morgan fingerprint density at radius 1 is 1.21 bits per heavy atom. The summed E-state index contributed by atoms with van der Waals surface area (Å²) in [6, 6.07) is 10.2. The molecular weight excluding hydrogens is 446 g/mol. The molecule has 0 fully saturated rings. The van der Waals surface area contributed by atoms with Gasteiger partial charge in [0.2, 0.25) is 11.9 Å². The molecule has 0 aliphatic carbocycles. The maximum atomic E-state index is 12.9. The van der Waals surface area contributed by atoms with E-state index in [0.29, 0.717) is 53.2 Å². The van der Waals surface area contributed by atoms with Crippen molar-refractivity contribution in [2.45, 2.75) is 19.4 Å². The van der Waals surface area contributed by atoms with Gasteiger partial charge in [-0.2, -0.15) is 0 Å². The van der Waals surface area contributed by atoms with Crippen LogP contribution in [0.1, 0.15) is 23.7 Å². The van der Waals surface area contributed by atoms with E-state index in [1.54, 1.807) is 43.4 Å². The predicted octanol–water partition coefficient (Wildman–Crippen LogP) is 2.74. The van der Waals surface area contributed by atoms with Crippen LogP contribution in [0.2, 0.25) is 5.02 Å². The highest BCUT2D eigenvalue weighted by atomic mass is 35.5. The first kappa shape index (κ1) is 21.3. The summed E-state index contributed by atoms with van der Waals surface area (Å²) in [6.07, 6.45) is -0.193. The second kappa shape index (κ2) is 8.08. The third-order valence-corrected chi connectivity index (χ3v) is 6.15. The van der Waals surface area contributed by atoms with E-state index in [1.165, 1.54) is 9.80 Å². The van der Waals surface area contributed by atoms with Gasteiger partial charge in [0.1, 0.15) is 12.3 Å². The highest BCUT2D eigenvalue weighted by Crippen LogP contribution is 2.37. The molecular formula is C23H22ClN5O4. The number of carbonyl (C=O) groups excluding carboxylic acids is 3. The molecule has 0 spiro atoms. The Morgan fingerprint density at radius 2 is 2.03 bits per heavy atom. The van der Waals surface area contributed by atoms with Crippen molar-refractivity contribution in [2.75, 3.05) is 41.8 Å². The molecule has 2 aromatic rings. The Bertz CT molecular complexity index is 1210. The van der Waals surface area contributed by atoms with Crippen LogP contribution < -0.4 is 19.9 Å². The number of fused-ring (bicyclic) bond motifs is 4. The molecule has 1 N–H and O–H groups in total. The first-order valence-electron chi connectivity index (χ1n) is 10.7. The van der Waals surface area contributed by atoms with Gasteiger partial charge in [0, 0.05) is 24.3 Å². The summed E-state index contributed by atoms with van der Waals surface area (Å²) >= 11 is 6.12. The standard InChI is InChI=1S/C23H22ClN5O4/c1-3-18-22(32)29(17-10-13(24)4-7-19(17)33-18)12-20(30)26-14-5-6-16-15(11-14)21(31)27(2)23-25-8-9-28(16)23/h4-7,10-11,18H,3,8-9,12H2,1-2H3,(H,26,30)/t18-/m1/s1. The topological polar surface area (TPSA) is 94.6 Å². The molecule has 2 aromatic carbocycles. The highest BCUT2D eigenvalue weighted by Gasteiger charge is 2.36. The quantitative estimate of drug-likeness (QED) is 0.746. The Balaban J connectivity index is 1.38. The normalized spacial score (nSPS) is 18.9. The van der Waals surface area contributed by atoms with Gasteiger partial charge in [-0.15, -0.1) is 0 Å². The van der Waals surface area contributed by atoms with E-state index >= 15 is 0 Å². The third-order valence-electron chi connectivity index (χ3n) is 5.92. The summed E-state index contributed by atoms with van der Waals surface area (Å²) in [7, 11) is 1.68. The molecule has 0 unspecified atom stereocenters. The van der Waals surface area contributed by atoms with E-state index in [-0.39, 0.29) is 18.4 Å². The van der Waals surface area contributed by atoms with Gasteiger partial charge in [0.05, 0.1) is 23.5 Å². The van der Waals surface area contributed by atoms with Crippen LogP contribution >= 0.6 is 11.6 Å². The van der Waals surface area contributed by atoms with E-state index in [2.05, 4.69) is 10.3 Å². The number of anilines is 3. The zero-order chi connectivity index (χ0) is 23.3. The molecule has 0 saturated heterocycles. The Hall–Kier alpha value is -3.59. The number of guanidine groups is 1. The molecule has 33 heavy (non-hydrogen) atoms. The van der Waals surface area contributed by atoms with Crippen LogP contribution in [0.5, 0.6) is 5.75 Å². The number of nitrogens with zero attached hydrogens (tertiary/aromatic N) is 4. The summed E-state index contributed by atoms with van der Waals surface area (Å²) in [4.78, 5) is 47.9.